The zero-order valence-electron chi connectivity index (χ0n) is 16.0. The van der Waals surface area contributed by atoms with Crippen molar-refractivity contribution in [2.24, 2.45) is 0 Å². The Bertz CT molecular complexity index is 1320. The first-order valence-corrected chi connectivity index (χ1v) is 12.2. The molecule has 3 heterocycles. The Morgan fingerprint density at radius 2 is 1.90 bits per heavy atom. The Hall–Kier alpha value is -2.55. The lowest BCUT2D eigenvalue weighted by Crippen LogP contribution is -2.40. The number of hydrogen-bond donors (Lipinski definition) is 2. The van der Waals surface area contributed by atoms with Gasteiger partial charge in [-0.15, -0.1) is 0 Å². The predicted octanol–water partition coefficient (Wildman–Crippen LogP) is 3.82. The van der Waals surface area contributed by atoms with Crippen molar-refractivity contribution in [2.45, 2.75) is 18.5 Å². The van der Waals surface area contributed by atoms with Crippen LogP contribution in [-0.2, 0) is 9.84 Å². The summed E-state index contributed by atoms with van der Waals surface area (Å²) in [6.07, 6.45) is 0.357. The van der Waals surface area contributed by atoms with E-state index in [0.29, 0.717) is 38.9 Å². The molecule has 10 heteroatoms. The topological polar surface area (TPSA) is 103 Å². The van der Waals surface area contributed by atoms with E-state index in [2.05, 4.69) is 10.2 Å². The molecule has 2 aromatic carbocycles. The van der Waals surface area contributed by atoms with Gasteiger partial charge in [-0.2, -0.15) is 5.10 Å². The molecular weight excluding hydrogens is 461 g/mol. The number of phenolic OH excluding ortho intramolecular Hbond substituents is 1. The van der Waals surface area contributed by atoms with Crippen molar-refractivity contribution in [3.8, 4) is 17.0 Å². The number of aromatic amines is 1. The Balaban J connectivity index is 1.71. The molecule has 2 aliphatic heterocycles. The Kier molecular flexibility index (Phi) is 4.76. The predicted molar refractivity (Wildman–Crippen MR) is 117 cm³/mol. The van der Waals surface area contributed by atoms with Gasteiger partial charge in [0.2, 0.25) is 0 Å². The molecule has 0 spiro atoms. The quantitative estimate of drug-likeness (QED) is 0.596. The van der Waals surface area contributed by atoms with Crippen molar-refractivity contribution >= 4 is 38.9 Å². The monoisotopic (exact) mass is 477 g/mol. The van der Waals surface area contributed by atoms with Gasteiger partial charge in [-0.3, -0.25) is 9.89 Å². The second kappa shape index (κ2) is 7.25. The molecule has 0 radical (unpaired) electrons. The molecule has 31 heavy (non-hydrogen) atoms. The fourth-order valence-corrected chi connectivity index (χ4v) is 6.44. The fraction of sp³-hybridized carbons (Fsp3) is 0.238. The number of fused-ring (bicyclic) bond motifs is 1. The summed E-state index contributed by atoms with van der Waals surface area (Å²) in [4.78, 5) is 15.0. The van der Waals surface area contributed by atoms with Gasteiger partial charge in [0.15, 0.2) is 9.84 Å². The van der Waals surface area contributed by atoms with E-state index in [4.69, 9.17) is 23.2 Å². The second-order valence-corrected chi connectivity index (χ2v) is 10.8. The van der Waals surface area contributed by atoms with Gasteiger partial charge in [-0.25, -0.2) is 8.42 Å². The highest BCUT2D eigenvalue weighted by atomic mass is 35.5. The van der Waals surface area contributed by atoms with Gasteiger partial charge in [-0.1, -0.05) is 41.4 Å². The van der Waals surface area contributed by atoms with Crippen molar-refractivity contribution in [3.05, 3.63) is 69.3 Å². The maximum Gasteiger partial charge on any atom is 0.273 e. The molecule has 5 rings (SSSR count). The molecule has 0 bridgehead atoms. The SMILES string of the molecule is O=C1c2[nH]nc(-c3ccccc3O)c2[C@H](c2ccc(Cl)c(Cl)c2)N1[C@@H]1CCS(=O)(=O)C1. The number of phenols is 1. The molecule has 3 aromatic rings. The number of carbonyl (C=O) groups is 1. The van der Waals surface area contributed by atoms with Crippen molar-refractivity contribution in [1.82, 2.24) is 15.1 Å². The van der Waals surface area contributed by atoms with Crippen LogP contribution in [0.5, 0.6) is 5.75 Å². The number of halogens is 2. The van der Waals surface area contributed by atoms with Crippen LogP contribution in [0.1, 0.15) is 34.1 Å². The smallest absolute Gasteiger partial charge is 0.273 e. The van der Waals surface area contributed by atoms with E-state index in [0.717, 1.165) is 0 Å². The van der Waals surface area contributed by atoms with Gasteiger partial charge >= 0.3 is 0 Å². The number of benzene rings is 2. The van der Waals surface area contributed by atoms with E-state index < -0.39 is 21.9 Å². The molecule has 0 saturated carbocycles. The minimum atomic E-state index is -3.22. The van der Waals surface area contributed by atoms with E-state index in [1.807, 2.05) is 0 Å². The maximum absolute atomic E-state index is 13.4. The summed E-state index contributed by atoms with van der Waals surface area (Å²) in [6.45, 7) is 0. The Labute approximate surface area is 188 Å². The van der Waals surface area contributed by atoms with Crippen LogP contribution in [-0.4, -0.2) is 52.1 Å². The van der Waals surface area contributed by atoms with Gasteiger partial charge in [0.25, 0.3) is 5.91 Å². The number of nitrogens with one attached hydrogen (secondary N) is 1. The average Bonchev–Trinajstić information content (AvgIpc) is 3.38. The number of hydrogen-bond acceptors (Lipinski definition) is 5. The third-order valence-corrected chi connectivity index (χ3v) is 8.31. The summed E-state index contributed by atoms with van der Waals surface area (Å²) in [5.74, 6) is -0.366. The molecule has 2 N–H and O–H groups in total. The van der Waals surface area contributed by atoms with Crippen LogP contribution in [0.15, 0.2) is 42.5 Å². The van der Waals surface area contributed by atoms with Crippen LogP contribution in [0, 0.1) is 0 Å². The number of nitrogens with zero attached hydrogens (tertiary/aromatic N) is 2. The number of sulfone groups is 1. The minimum absolute atomic E-state index is 0.0269. The van der Waals surface area contributed by atoms with Crippen LogP contribution in [0.3, 0.4) is 0 Å². The summed E-state index contributed by atoms with van der Waals surface area (Å²) in [6, 6.07) is 10.7. The van der Waals surface area contributed by atoms with Crippen molar-refractivity contribution in [3.63, 3.8) is 0 Å². The molecule has 1 amide bonds. The molecule has 7 nitrogen and oxygen atoms in total. The highest BCUT2D eigenvalue weighted by molar-refractivity contribution is 7.91. The number of carbonyl (C=O) groups excluding carboxylic acids is 1. The second-order valence-electron chi connectivity index (χ2n) is 7.72. The molecule has 0 aliphatic carbocycles. The first kappa shape index (κ1) is 20.4. The maximum atomic E-state index is 13.4. The van der Waals surface area contributed by atoms with Gasteiger partial charge < -0.3 is 10.0 Å². The summed E-state index contributed by atoms with van der Waals surface area (Å²) in [7, 11) is -3.22. The summed E-state index contributed by atoms with van der Waals surface area (Å²) in [5, 5.41) is 18.2. The van der Waals surface area contributed by atoms with Gasteiger partial charge in [-0.05, 0) is 36.2 Å². The molecule has 0 unspecified atom stereocenters. The van der Waals surface area contributed by atoms with Crippen molar-refractivity contribution < 1.29 is 18.3 Å². The number of H-pyrrole nitrogens is 1. The number of amides is 1. The lowest BCUT2D eigenvalue weighted by atomic mass is 9.95. The van der Waals surface area contributed by atoms with Crippen LogP contribution >= 0.6 is 23.2 Å². The highest BCUT2D eigenvalue weighted by Gasteiger charge is 2.48. The number of aromatic nitrogens is 2. The fourth-order valence-electron chi connectivity index (χ4n) is 4.43. The van der Waals surface area contributed by atoms with E-state index in [9.17, 15) is 18.3 Å². The van der Waals surface area contributed by atoms with Gasteiger partial charge in [0.05, 0.1) is 27.6 Å². The zero-order chi connectivity index (χ0) is 21.9. The average molecular weight is 478 g/mol. The van der Waals surface area contributed by atoms with Crippen LogP contribution in [0.25, 0.3) is 11.3 Å². The minimum Gasteiger partial charge on any atom is -0.507 e. The van der Waals surface area contributed by atoms with E-state index in [-0.39, 0.29) is 28.9 Å². The summed E-state index contributed by atoms with van der Waals surface area (Å²) >= 11 is 12.4. The summed E-state index contributed by atoms with van der Waals surface area (Å²) < 4.78 is 24.3. The van der Waals surface area contributed by atoms with E-state index in [1.165, 1.54) is 0 Å². The van der Waals surface area contributed by atoms with Crippen molar-refractivity contribution in [2.75, 3.05) is 11.5 Å². The first-order chi connectivity index (χ1) is 14.8. The normalized spacial score (nSPS) is 22.1. The van der Waals surface area contributed by atoms with Crippen LogP contribution in [0.4, 0.5) is 0 Å². The van der Waals surface area contributed by atoms with E-state index >= 15 is 0 Å². The van der Waals surface area contributed by atoms with E-state index in [1.54, 1.807) is 47.4 Å². The molecule has 160 valence electrons. The molecule has 1 saturated heterocycles. The van der Waals surface area contributed by atoms with Crippen LogP contribution < -0.4 is 0 Å². The number of rotatable bonds is 3. The number of aromatic hydroxyl groups is 1. The summed E-state index contributed by atoms with van der Waals surface area (Å²) in [5.41, 5.74) is 2.44. The third kappa shape index (κ3) is 3.30. The Morgan fingerprint density at radius 3 is 2.58 bits per heavy atom. The lowest BCUT2D eigenvalue weighted by Gasteiger charge is -2.31. The lowest BCUT2D eigenvalue weighted by molar-refractivity contribution is 0.0678. The standard InChI is InChI=1S/C21H17Cl2N3O4S/c22-14-6-5-11(9-15(14)23)20-17-18(13-3-1-2-4-16(13)27)24-25-19(17)21(28)26(20)12-7-8-31(29,30)10-12/h1-6,9,12,20,27H,7-8,10H2,(H,24,25)/t12-,20+/m1/s1. The third-order valence-electron chi connectivity index (χ3n) is 5.82. The Morgan fingerprint density at radius 1 is 1.13 bits per heavy atom. The van der Waals surface area contributed by atoms with Gasteiger partial charge in [0, 0.05) is 17.2 Å². The molecule has 2 aliphatic rings. The zero-order valence-corrected chi connectivity index (χ0v) is 18.4. The number of para-hydroxylation sites is 1. The van der Waals surface area contributed by atoms with Gasteiger partial charge in [0.1, 0.15) is 17.1 Å². The molecule has 1 fully saturated rings. The van der Waals surface area contributed by atoms with Crippen LogP contribution in [0.2, 0.25) is 10.0 Å². The molecule has 1 aromatic heterocycles. The molecular formula is C21H17Cl2N3O4S. The van der Waals surface area contributed by atoms with Crippen molar-refractivity contribution in [1.29, 1.82) is 0 Å². The highest BCUT2D eigenvalue weighted by Crippen LogP contribution is 2.47. The molecule has 2 atom stereocenters. The largest absolute Gasteiger partial charge is 0.507 e. The first-order valence-electron chi connectivity index (χ1n) is 9.61.